The lowest BCUT2D eigenvalue weighted by Gasteiger charge is -2.08. The molecule has 25 heavy (non-hydrogen) atoms. The maximum absolute atomic E-state index is 12.1. The molecular weight excluding hydrogens is 314 g/mol. The number of carbonyl (C=O) groups is 1. The molecule has 0 saturated carbocycles. The molecule has 3 aromatic rings. The Morgan fingerprint density at radius 3 is 2.64 bits per heavy atom. The third-order valence-electron chi connectivity index (χ3n) is 4.05. The van der Waals surface area contributed by atoms with E-state index < -0.39 is 0 Å². The first kappa shape index (κ1) is 16.8. The average Bonchev–Trinajstić information content (AvgIpc) is 2.61. The molecule has 1 aromatic heterocycles. The molecule has 0 aliphatic carbocycles. The highest BCUT2D eigenvalue weighted by atomic mass is 16.2. The van der Waals surface area contributed by atoms with Crippen LogP contribution in [-0.4, -0.2) is 17.6 Å². The molecule has 5 heteroatoms. The SMILES string of the molecule is Cc1ccc2cc(CCNC(=O)NCc3ccccc3)c(=O)[nH]c2c1. The van der Waals surface area contributed by atoms with Crippen molar-refractivity contribution in [1.29, 1.82) is 0 Å². The lowest BCUT2D eigenvalue weighted by molar-refractivity contribution is 0.240. The van der Waals surface area contributed by atoms with Gasteiger partial charge in [0.25, 0.3) is 5.56 Å². The Labute approximate surface area is 146 Å². The van der Waals surface area contributed by atoms with Crippen LogP contribution in [0, 0.1) is 6.92 Å². The van der Waals surface area contributed by atoms with Crippen molar-refractivity contribution in [3.63, 3.8) is 0 Å². The normalized spacial score (nSPS) is 10.6. The van der Waals surface area contributed by atoms with Crippen LogP contribution in [0.25, 0.3) is 10.9 Å². The van der Waals surface area contributed by atoms with Gasteiger partial charge in [0.15, 0.2) is 0 Å². The Morgan fingerprint density at radius 1 is 1.04 bits per heavy atom. The van der Waals surface area contributed by atoms with E-state index >= 15 is 0 Å². The maximum atomic E-state index is 12.1. The molecule has 0 spiro atoms. The van der Waals surface area contributed by atoms with Crippen LogP contribution < -0.4 is 16.2 Å². The van der Waals surface area contributed by atoms with E-state index in [1.165, 1.54) is 0 Å². The van der Waals surface area contributed by atoms with Gasteiger partial charge in [0.05, 0.1) is 0 Å². The lowest BCUT2D eigenvalue weighted by atomic mass is 10.1. The number of urea groups is 1. The second-order valence-electron chi connectivity index (χ2n) is 6.06. The summed E-state index contributed by atoms with van der Waals surface area (Å²) in [6.45, 7) is 2.87. The van der Waals surface area contributed by atoms with E-state index in [9.17, 15) is 9.59 Å². The fourth-order valence-corrected chi connectivity index (χ4v) is 2.70. The van der Waals surface area contributed by atoms with E-state index in [4.69, 9.17) is 0 Å². The summed E-state index contributed by atoms with van der Waals surface area (Å²) in [5.74, 6) is 0. The Bertz CT molecular complexity index is 933. The third-order valence-corrected chi connectivity index (χ3v) is 4.05. The van der Waals surface area contributed by atoms with Gasteiger partial charge in [0.2, 0.25) is 0 Å². The highest BCUT2D eigenvalue weighted by molar-refractivity contribution is 5.79. The molecule has 0 radical (unpaired) electrons. The first-order valence-corrected chi connectivity index (χ1v) is 8.30. The molecule has 3 rings (SSSR count). The number of hydrogen-bond donors (Lipinski definition) is 3. The molecule has 0 bridgehead atoms. The highest BCUT2D eigenvalue weighted by Gasteiger charge is 2.05. The van der Waals surface area contributed by atoms with Crippen molar-refractivity contribution in [1.82, 2.24) is 15.6 Å². The number of aryl methyl sites for hydroxylation is 1. The smallest absolute Gasteiger partial charge is 0.315 e. The van der Waals surface area contributed by atoms with Crippen LogP contribution in [0.5, 0.6) is 0 Å². The summed E-state index contributed by atoms with van der Waals surface area (Å²) in [6, 6.07) is 17.3. The zero-order chi connectivity index (χ0) is 17.6. The monoisotopic (exact) mass is 335 g/mol. The molecule has 0 saturated heterocycles. The van der Waals surface area contributed by atoms with Crippen LogP contribution in [0.3, 0.4) is 0 Å². The number of nitrogens with one attached hydrogen (secondary N) is 3. The summed E-state index contributed by atoms with van der Waals surface area (Å²) in [7, 11) is 0. The summed E-state index contributed by atoms with van der Waals surface area (Å²) in [5, 5.41) is 6.58. The predicted octanol–water partition coefficient (Wildman–Crippen LogP) is 2.88. The predicted molar refractivity (Wildman–Crippen MR) is 99.7 cm³/mol. The zero-order valence-electron chi connectivity index (χ0n) is 14.1. The third kappa shape index (κ3) is 4.47. The minimum absolute atomic E-state index is 0.107. The number of aromatic nitrogens is 1. The number of hydrogen-bond acceptors (Lipinski definition) is 2. The zero-order valence-corrected chi connectivity index (χ0v) is 14.1. The summed E-state index contributed by atoms with van der Waals surface area (Å²) in [4.78, 5) is 26.9. The van der Waals surface area contributed by atoms with Gasteiger partial charge in [0.1, 0.15) is 0 Å². The van der Waals surface area contributed by atoms with Crippen LogP contribution in [0.2, 0.25) is 0 Å². The summed E-state index contributed by atoms with van der Waals surface area (Å²) >= 11 is 0. The van der Waals surface area contributed by atoms with E-state index in [1.807, 2.05) is 61.5 Å². The molecule has 0 fully saturated rings. The van der Waals surface area contributed by atoms with Gasteiger partial charge < -0.3 is 15.6 Å². The number of rotatable bonds is 5. The first-order chi connectivity index (χ1) is 12.1. The van der Waals surface area contributed by atoms with E-state index in [2.05, 4.69) is 15.6 Å². The Kier molecular flexibility index (Phi) is 5.14. The van der Waals surface area contributed by atoms with Crippen molar-refractivity contribution in [3.8, 4) is 0 Å². The van der Waals surface area contributed by atoms with Crippen molar-refractivity contribution in [3.05, 3.63) is 81.6 Å². The summed E-state index contributed by atoms with van der Waals surface area (Å²) in [5.41, 5.74) is 3.54. The van der Waals surface area contributed by atoms with Gasteiger partial charge >= 0.3 is 6.03 Å². The molecular formula is C20H21N3O2. The standard InChI is InChI=1S/C20H21N3O2/c1-14-7-8-16-12-17(19(24)23-18(16)11-14)9-10-21-20(25)22-13-15-5-3-2-4-6-15/h2-8,11-12H,9-10,13H2,1H3,(H,23,24)(H2,21,22,25). The number of H-pyrrole nitrogens is 1. The van der Waals surface area contributed by atoms with E-state index in [0.29, 0.717) is 25.1 Å². The summed E-state index contributed by atoms with van der Waals surface area (Å²) < 4.78 is 0. The quantitative estimate of drug-likeness (QED) is 0.671. The summed E-state index contributed by atoms with van der Waals surface area (Å²) in [6.07, 6.45) is 0.484. The lowest BCUT2D eigenvalue weighted by Crippen LogP contribution is -2.36. The van der Waals surface area contributed by atoms with Crippen LogP contribution in [-0.2, 0) is 13.0 Å². The van der Waals surface area contributed by atoms with Gasteiger partial charge in [-0.25, -0.2) is 4.79 Å². The van der Waals surface area contributed by atoms with Crippen LogP contribution in [0.1, 0.15) is 16.7 Å². The molecule has 0 atom stereocenters. The van der Waals surface area contributed by atoms with Gasteiger partial charge in [0, 0.05) is 24.2 Å². The van der Waals surface area contributed by atoms with Crippen molar-refractivity contribution in [2.75, 3.05) is 6.54 Å². The maximum Gasteiger partial charge on any atom is 0.315 e. The number of fused-ring (bicyclic) bond motifs is 1. The van der Waals surface area contributed by atoms with Crippen LogP contribution in [0.15, 0.2) is 59.4 Å². The molecule has 5 nitrogen and oxygen atoms in total. The molecule has 2 aromatic carbocycles. The van der Waals surface area contributed by atoms with Crippen molar-refractivity contribution in [2.24, 2.45) is 0 Å². The molecule has 0 aliphatic rings. The number of carbonyl (C=O) groups excluding carboxylic acids is 1. The molecule has 128 valence electrons. The highest BCUT2D eigenvalue weighted by Crippen LogP contribution is 2.13. The van der Waals surface area contributed by atoms with Gasteiger partial charge in [-0.2, -0.15) is 0 Å². The molecule has 0 aliphatic heterocycles. The Morgan fingerprint density at radius 2 is 1.84 bits per heavy atom. The van der Waals surface area contributed by atoms with Gasteiger partial charge in [-0.1, -0.05) is 42.5 Å². The van der Waals surface area contributed by atoms with Crippen LogP contribution in [0.4, 0.5) is 4.79 Å². The average molecular weight is 335 g/mol. The van der Waals surface area contributed by atoms with Crippen molar-refractivity contribution in [2.45, 2.75) is 19.9 Å². The number of aromatic amines is 1. The van der Waals surface area contributed by atoms with E-state index in [0.717, 1.165) is 22.0 Å². The van der Waals surface area contributed by atoms with Gasteiger partial charge in [-0.05, 0) is 42.0 Å². The minimum atomic E-state index is -0.239. The van der Waals surface area contributed by atoms with Gasteiger partial charge in [-0.15, -0.1) is 0 Å². The number of amides is 2. The van der Waals surface area contributed by atoms with Gasteiger partial charge in [-0.3, -0.25) is 4.79 Å². The molecule has 0 unspecified atom stereocenters. The second kappa shape index (κ2) is 7.66. The fourth-order valence-electron chi connectivity index (χ4n) is 2.70. The van der Waals surface area contributed by atoms with E-state index in [1.54, 1.807) is 0 Å². The fraction of sp³-hybridized carbons (Fsp3) is 0.200. The molecule has 3 N–H and O–H groups in total. The minimum Gasteiger partial charge on any atom is -0.338 e. The second-order valence-corrected chi connectivity index (χ2v) is 6.06. The largest absolute Gasteiger partial charge is 0.338 e. The first-order valence-electron chi connectivity index (χ1n) is 8.30. The van der Waals surface area contributed by atoms with Crippen LogP contribution >= 0.6 is 0 Å². The van der Waals surface area contributed by atoms with Crippen molar-refractivity contribution >= 4 is 16.9 Å². The molecule has 1 heterocycles. The number of benzene rings is 2. The Hall–Kier alpha value is -3.08. The molecule has 2 amide bonds. The Balaban J connectivity index is 1.54. The van der Waals surface area contributed by atoms with E-state index in [-0.39, 0.29) is 11.6 Å². The number of pyridine rings is 1. The van der Waals surface area contributed by atoms with Crippen molar-refractivity contribution < 1.29 is 4.79 Å². The topological polar surface area (TPSA) is 74.0 Å².